The van der Waals surface area contributed by atoms with E-state index in [0.29, 0.717) is 23.3 Å². The van der Waals surface area contributed by atoms with Crippen molar-refractivity contribution in [2.24, 2.45) is 0 Å². The smallest absolute Gasteiger partial charge is 0.279 e. The van der Waals surface area contributed by atoms with E-state index in [2.05, 4.69) is 15.6 Å². The Morgan fingerprint density at radius 2 is 2.08 bits per heavy atom. The molecule has 0 aliphatic heterocycles. The molecule has 2 aromatic heterocycles. The summed E-state index contributed by atoms with van der Waals surface area (Å²) in [5.74, 6) is 1.39. The second-order valence-electron chi connectivity index (χ2n) is 6.30. The second-order valence-corrected chi connectivity index (χ2v) is 6.73. The zero-order chi connectivity index (χ0) is 17.4. The molecule has 25 heavy (non-hydrogen) atoms. The maximum atomic E-state index is 12.3. The molecule has 1 aromatic carbocycles. The number of hydrogen-bond donors (Lipinski definition) is 1. The predicted molar refractivity (Wildman–Crippen MR) is 93.9 cm³/mol. The standard InChI is InChI=1S/C18H17ClN4O2/c1-11-8-17(21-23(11)10-12-2-6-14(19)7-3-12)20-18(24)15-9-16(25-22-15)13-4-5-13/h2-3,6-9,13H,4-5,10H2,1H3,(H,20,21,24). The lowest BCUT2D eigenvalue weighted by molar-refractivity contribution is 0.101. The number of rotatable bonds is 5. The van der Waals surface area contributed by atoms with Gasteiger partial charge >= 0.3 is 0 Å². The molecule has 0 atom stereocenters. The number of amides is 1. The van der Waals surface area contributed by atoms with Crippen LogP contribution in [0.5, 0.6) is 0 Å². The Labute approximate surface area is 149 Å². The third kappa shape index (κ3) is 3.58. The monoisotopic (exact) mass is 356 g/mol. The minimum atomic E-state index is -0.313. The molecule has 1 aliphatic carbocycles. The van der Waals surface area contributed by atoms with Crippen LogP contribution in [0.15, 0.2) is 40.9 Å². The highest BCUT2D eigenvalue weighted by molar-refractivity contribution is 6.30. The highest BCUT2D eigenvalue weighted by Gasteiger charge is 2.29. The van der Waals surface area contributed by atoms with Crippen molar-refractivity contribution in [3.63, 3.8) is 0 Å². The van der Waals surface area contributed by atoms with Gasteiger partial charge in [-0.15, -0.1) is 0 Å². The number of hydrogen-bond acceptors (Lipinski definition) is 4. The van der Waals surface area contributed by atoms with Gasteiger partial charge in [0.1, 0.15) is 5.76 Å². The fourth-order valence-corrected chi connectivity index (χ4v) is 2.76. The van der Waals surface area contributed by atoms with Crippen LogP contribution in [-0.4, -0.2) is 20.8 Å². The van der Waals surface area contributed by atoms with Crippen LogP contribution in [0, 0.1) is 6.92 Å². The SMILES string of the molecule is Cc1cc(NC(=O)c2cc(C3CC3)on2)nn1Cc1ccc(Cl)cc1. The average Bonchev–Trinajstić information content (AvgIpc) is 3.22. The van der Waals surface area contributed by atoms with E-state index in [4.69, 9.17) is 16.1 Å². The Morgan fingerprint density at radius 3 is 2.80 bits per heavy atom. The molecule has 1 saturated carbocycles. The number of halogens is 1. The van der Waals surface area contributed by atoms with E-state index < -0.39 is 0 Å². The number of anilines is 1. The molecule has 0 bridgehead atoms. The van der Waals surface area contributed by atoms with Gasteiger partial charge in [-0.2, -0.15) is 5.10 Å². The number of carbonyl (C=O) groups excluding carboxylic acids is 1. The van der Waals surface area contributed by atoms with Crippen LogP contribution < -0.4 is 5.32 Å². The van der Waals surface area contributed by atoms with Crippen LogP contribution in [0.1, 0.15) is 46.3 Å². The fraction of sp³-hybridized carbons (Fsp3) is 0.278. The van der Waals surface area contributed by atoms with Crippen molar-refractivity contribution in [3.8, 4) is 0 Å². The summed E-state index contributed by atoms with van der Waals surface area (Å²) in [6, 6.07) is 11.1. The summed E-state index contributed by atoms with van der Waals surface area (Å²) in [6.45, 7) is 2.55. The fourth-order valence-electron chi connectivity index (χ4n) is 2.63. The third-order valence-corrected chi connectivity index (χ3v) is 4.46. The normalized spacial score (nSPS) is 13.8. The number of nitrogens with zero attached hydrogens (tertiary/aromatic N) is 3. The Hall–Kier alpha value is -2.60. The van der Waals surface area contributed by atoms with Crippen LogP contribution in [0.3, 0.4) is 0 Å². The van der Waals surface area contributed by atoms with Crippen molar-refractivity contribution in [2.75, 3.05) is 5.32 Å². The Kier molecular flexibility index (Phi) is 4.05. The van der Waals surface area contributed by atoms with E-state index in [1.165, 1.54) is 0 Å². The lowest BCUT2D eigenvalue weighted by Crippen LogP contribution is -2.13. The molecular weight excluding hydrogens is 340 g/mol. The first kappa shape index (κ1) is 15.9. The van der Waals surface area contributed by atoms with Crippen molar-refractivity contribution in [3.05, 3.63) is 64.1 Å². The molecule has 2 heterocycles. The van der Waals surface area contributed by atoms with E-state index in [9.17, 15) is 4.79 Å². The summed E-state index contributed by atoms with van der Waals surface area (Å²) < 4.78 is 7.05. The largest absolute Gasteiger partial charge is 0.360 e. The summed E-state index contributed by atoms with van der Waals surface area (Å²) in [4.78, 5) is 12.3. The zero-order valence-corrected chi connectivity index (χ0v) is 14.5. The third-order valence-electron chi connectivity index (χ3n) is 4.21. The zero-order valence-electron chi connectivity index (χ0n) is 13.7. The molecule has 3 aromatic rings. The van der Waals surface area contributed by atoms with E-state index >= 15 is 0 Å². The molecule has 0 radical (unpaired) electrons. The molecule has 1 fully saturated rings. The molecule has 0 spiro atoms. The number of nitrogens with one attached hydrogen (secondary N) is 1. The van der Waals surface area contributed by atoms with Gasteiger partial charge in [-0.1, -0.05) is 28.9 Å². The summed E-state index contributed by atoms with van der Waals surface area (Å²) in [5.41, 5.74) is 2.31. The quantitative estimate of drug-likeness (QED) is 0.749. The van der Waals surface area contributed by atoms with E-state index in [0.717, 1.165) is 29.9 Å². The minimum absolute atomic E-state index is 0.284. The van der Waals surface area contributed by atoms with Crippen molar-refractivity contribution < 1.29 is 9.32 Å². The van der Waals surface area contributed by atoms with Gasteiger partial charge in [-0.05, 0) is 37.5 Å². The lowest BCUT2D eigenvalue weighted by Gasteiger charge is -2.04. The van der Waals surface area contributed by atoms with Gasteiger partial charge in [0.05, 0.1) is 6.54 Å². The first-order valence-electron chi connectivity index (χ1n) is 8.15. The topological polar surface area (TPSA) is 73.0 Å². The van der Waals surface area contributed by atoms with E-state index in [1.54, 1.807) is 6.07 Å². The highest BCUT2D eigenvalue weighted by atomic mass is 35.5. The van der Waals surface area contributed by atoms with Crippen LogP contribution >= 0.6 is 11.6 Å². The van der Waals surface area contributed by atoms with Crippen LogP contribution in [0.25, 0.3) is 0 Å². The average molecular weight is 357 g/mol. The number of benzene rings is 1. The van der Waals surface area contributed by atoms with Gasteiger partial charge in [0.2, 0.25) is 0 Å². The second kappa shape index (κ2) is 6.37. The lowest BCUT2D eigenvalue weighted by atomic mass is 10.2. The van der Waals surface area contributed by atoms with Crippen molar-refractivity contribution >= 4 is 23.3 Å². The van der Waals surface area contributed by atoms with Crippen molar-refractivity contribution in [1.29, 1.82) is 0 Å². The molecule has 6 nitrogen and oxygen atoms in total. The molecule has 128 valence electrons. The molecule has 1 N–H and O–H groups in total. The Balaban J connectivity index is 1.45. The van der Waals surface area contributed by atoms with Crippen molar-refractivity contribution in [2.45, 2.75) is 32.2 Å². The van der Waals surface area contributed by atoms with Gasteiger partial charge in [-0.25, -0.2) is 0 Å². The Morgan fingerprint density at radius 1 is 1.32 bits per heavy atom. The Bertz CT molecular complexity index is 910. The molecule has 0 unspecified atom stereocenters. The summed E-state index contributed by atoms with van der Waals surface area (Å²) in [6.07, 6.45) is 2.20. The minimum Gasteiger partial charge on any atom is -0.360 e. The van der Waals surface area contributed by atoms with Crippen molar-refractivity contribution in [1.82, 2.24) is 14.9 Å². The molecular formula is C18H17ClN4O2. The van der Waals surface area contributed by atoms with Gasteiger partial charge < -0.3 is 9.84 Å². The van der Waals surface area contributed by atoms with E-state index in [1.807, 2.05) is 41.9 Å². The number of aromatic nitrogens is 3. The summed E-state index contributed by atoms with van der Waals surface area (Å²) in [5, 5.41) is 11.8. The number of carbonyl (C=O) groups is 1. The molecule has 7 heteroatoms. The van der Waals surface area contributed by atoms with Crippen LogP contribution in [-0.2, 0) is 6.54 Å². The van der Waals surface area contributed by atoms with E-state index in [-0.39, 0.29) is 11.6 Å². The van der Waals surface area contributed by atoms with Gasteiger partial charge in [0.15, 0.2) is 11.5 Å². The van der Waals surface area contributed by atoms with Crippen LogP contribution in [0.2, 0.25) is 5.02 Å². The maximum absolute atomic E-state index is 12.3. The summed E-state index contributed by atoms with van der Waals surface area (Å²) >= 11 is 5.91. The molecule has 0 saturated heterocycles. The first-order chi connectivity index (χ1) is 12.1. The van der Waals surface area contributed by atoms with Gasteiger partial charge in [0, 0.05) is 28.8 Å². The maximum Gasteiger partial charge on any atom is 0.279 e. The van der Waals surface area contributed by atoms with Gasteiger partial charge in [0.25, 0.3) is 5.91 Å². The summed E-state index contributed by atoms with van der Waals surface area (Å²) in [7, 11) is 0. The van der Waals surface area contributed by atoms with Gasteiger partial charge in [-0.3, -0.25) is 9.48 Å². The highest BCUT2D eigenvalue weighted by Crippen LogP contribution is 2.40. The number of aryl methyl sites for hydroxylation is 1. The predicted octanol–water partition coefficient (Wildman–Crippen LogP) is 4.01. The first-order valence-corrected chi connectivity index (χ1v) is 8.53. The molecule has 4 rings (SSSR count). The molecule has 1 amide bonds. The van der Waals surface area contributed by atoms with Crippen LogP contribution in [0.4, 0.5) is 5.82 Å². The molecule has 1 aliphatic rings.